The fraction of sp³-hybridized carbons (Fsp3) is 0.167. The number of carbonyl (C=O) groups excluding carboxylic acids is 3. The third kappa shape index (κ3) is 5.92. The van der Waals surface area contributed by atoms with Crippen LogP contribution in [0.5, 0.6) is 0 Å². The van der Waals surface area contributed by atoms with Crippen LogP contribution in [0.25, 0.3) is 0 Å². The zero-order valence-corrected chi connectivity index (χ0v) is 14.5. The van der Waals surface area contributed by atoms with Crippen LogP contribution in [0.15, 0.2) is 54.6 Å². The first-order valence-electron chi connectivity index (χ1n) is 8.02. The lowest BCUT2D eigenvalue weighted by Crippen LogP contribution is -2.43. The summed E-state index contributed by atoms with van der Waals surface area (Å²) < 4.78 is 0. The first kappa shape index (κ1) is 19.6. The molecular weight excluding hydrogens is 352 g/mol. The highest BCUT2D eigenvalue weighted by atomic mass is 16.6. The van der Waals surface area contributed by atoms with Gasteiger partial charge in [-0.15, -0.1) is 0 Å². The van der Waals surface area contributed by atoms with E-state index in [2.05, 4.69) is 16.2 Å². The second-order valence-corrected chi connectivity index (χ2v) is 5.67. The van der Waals surface area contributed by atoms with Crippen LogP contribution < -0.4 is 16.2 Å². The summed E-state index contributed by atoms with van der Waals surface area (Å²) in [5.74, 6) is -1.41. The van der Waals surface area contributed by atoms with Crippen molar-refractivity contribution in [3.05, 3.63) is 75.8 Å². The van der Waals surface area contributed by atoms with E-state index in [1.54, 1.807) is 24.3 Å². The second-order valence-electron chi connectivity index (χ2n) is 5.67. The number of benzene rings is 2. The van der Waals surface area contributed by atoms with E-state index >= 15 is 0 Å². The predicted octanol–water partition coefficient (Wildman–Crippen LogP) is 1.62. The van der Waals surface area contributed by atoms with E-state index in [0.29, 0.717) is 0 Å². The topological polar surface area (TPSA) is 130 Å². The molecule has 9 heteroatoms. The molecule has 0 saturated heterocycles. The first-order valence-corrected chi connectivity index (χ1v) is 8.02. The van der Waals surface area contributed by atoms with Gasteiger partial charge in [0.15, 0.2) is 0 Å². The molecule has 0 spiro atoms. The summed E-state index contributed by atoms with van der Waals surface area (Å²) >= 11 is 0. The summed E-state index contributed by atoms with van der Waals surface area (Å²) in [5, 5.41) is 13.3. The Morgan fingerprint density at radius 3 is 2.19 bits per heavy atom. The molecule has 0 radical (unpaired) electrons. The molecule has 0 saturated carbocycles. The van der Waals surface area contributed by atoms with E-state index in [0.717, 1.165) is 5.56 Å². The lowest BCUT2D eigenvalue weighted by Gasteiger charge is -2.18. The highest BCUT2D eigenvalue weighted by Crippen LogP contribution is 2.16. The van der Waals surface area contributed by atoms with E-state index in [4.69, 9.17) is 0 Å². The number of rotatable bonds is 6. The number of nitro groups is 1. The Hall–Kier alpha value is -3.75. The highest BCUT2D eigenvalue weighted by Gasteiger charge is 2.17. The number of carbonyl (C=O) groups is 3. The van der Waals surface area contributed by atoms with Gasteiger partial charge in [0.1, 0.15) is 0 Å². The number of hydrazine groups is 1. The Bertz CT molecular complexity index is 837. The van der Waals surface area contributed by atoms with Crippen molar-refractivity contribution in [2.24, 2.45) is 0 Å². The Morgan fingerprint density at radius 1 is 1.00 bits per heavy atom. The van der Waals surface area contributed by atoms with Crippen LogP contribution >= 0.6 is 0 Å². The minimum atomic E-state index is -0.617. The monoisotopic (exact) mass is 370 g/mol. The second kappa shape index (κ2) is 9.09. The van der Waals surface area contributed by atoms with Crippen molar-refractivity contribution in [2.45, 2.75) is 19.4 Å². The van der Waals surface area contributed by atoms with Crippen molar-refractivity contribution in [1.82, 2.24) is 16.2 Å². The molecular formula is C18H18N4O5. The number of amides is 3. The van der Waals surface area contributed by atoms with Crippen LogP contribution in [0.3, 0.4) is 0 Å². The van der Waals surface area contributed by atoms with E-state index in [1.807, 2.05) is 6.07 Å². The summed E-state index contributed by atoms with van der Waals surface area (Å²) in [7, 11) is 0. The normalized spacial score (nSPS) is 11.1. The average molecular weight is 370 g/mol. The quantitative estimate of drug-likeness (QED) is 0.525. The molecule has 3 amide bonds. The Labute approximate surface area is 154 Å². The number of nitrogens with one attached hydrogen (secondary N) is 3. The van der Waals surface area contributed by atoms with E-state index < -0.39 is 22.8 Å². The minimum Gasteiger partial charge on any atom is -0.349 e. The van der Waals surface area contributed by atoms with Gasteiger partial charge in [-0.3, -0.25) is 35.3 Å². The molecule has 0 aliphatic rings. The van der Waals surface area contributed by atoms with Gasteiger partial charge in [0.2, 0.25) is 11.8 Å². The minimum absolute atomic E-state index is 0.0792. The summed E-state index contributed by atoms with van der Waals surface area (Å²) in [6.07, 6.45) is -0.0792. The molecule has 0 aliphatic heterocycles. The van der Waals surface area contributed by atoms with Gasteiger partial charge in [-0.25, -0.2) is 0 Å². The first-order chi connectivity index (χ1) is 12.9. The molecule has 0 heterocycles. The maximum Gasteiger partial charge on any atom is 0.269 e. The third-order valence-corrected chi connectivity index (χ3v) is 3.62. The van der Waals surface area contributed by atoms with Gasteiger partial charge in [0, 0.05) is 24.6 Å². The van der Waals surface area contributed by atoms with Crippen LogP contribution in [-0.2, 0) is 9.59 Å². The average Bonchev–Trinajstić information content (AvgIpc) is 2.66. The van der Waals surface area contributed by atoms with Crippen molar-refractivity contribution in [3.63, 3.8) is 0 Å². The van der Waals surface area contributed by atoms with Gasteiger partial charge in [-0.05, 0) is 17.7 Å². The largest absolute Gasteiger partial charge is 0.349 e. The summed E-state index contributed by atoms with van der Waals surface area (Å²) in [6.45, 7) is 1.35. The van der Waals surface area contributed by atoms with Crippen LogP contribution in [0.2, 0.25) is 0 Å². The Balaban J connectivity index is 1.94. The predicted molar refractivity (Wildman–Crippen MR) is 96.3 cm³/mol. The highest BCUT2D eigenvalue weighted by molar-refractivity contribution is 5.95. The van der Waals surface area contributed by atoms with E-state index in [-0.39, 0.29) is 23.6 Å². The van der Waals surface area contributed by atoms with Crippen molar-refractivity contribution < 1.29 is 19.3 Å². The van der Waals surface area contributed by atoms with Crippen molar-refractivity contribution in [2.75, 3.05) is 0 Å². The van der Waals surface area contributed by atoms with Gasteiger partial charge < -0.3 is 5.32 Å². The molecule has 3 N–H and O–H groups in total. The number of nitro benzene ring substituents is 1. The van der Waals surface area contributed by atoms with Crippen LogP contribution in [-0.4, -0.2) is 22.6 Å². The van der Waals surface area contributed by atoms with Crippen LogP contribution in [0.4, 0.5) is 5.69 Å². The molecule has 27 heavy (non-hydrogen) atoms. The maximum atomic E-state index is 12.1. The molecule has 0 fully saturated rings. The third-order valence-electron chi connectivity index (χ3n) is 3.62. The zero-order valence-electron chi connectivity index (χ0n) is 14.5. The van der Waals surface area contributed by atoms with Crippen LogP contribution in [0, 0.1) is 10.1 Å². The van der Waals surface area contributed by atoms with Crippen molar-refractivity contribution in [1.29, 1.82) is 0 Å². The molecule has 2 rings (SSSR count). The number of hydrogen-bond acceptors (Lipinski definition) is 5. The van der Waals surface area contributed by atoms with Crippen molar-refractivity contribution in [3.8, 4) is 0 Å². The summed E-state index contributed by atoms with van der Waals surface area (Å²) in [6, 6.07) is 13.4. The SMILES string of the molecule is CC(=O)N[C@@H](CC(=O)NNC(=O)c1ccc([N+](=O)[O-])cc1)c1ccccc1. The molecule has 140 valence electrons. The molecule has 0 bridgehead atoms. The lowest BCUT2D eigenvalue weighted by molar-refractivity contribution is -0.384. The molecule has 0 unspecified atom stereocenters. The lowest BCUT2D eigenvalue weighted by atomic mass is 10.0. The number of non-ortho nitro benzene ring substituents is 1. The summed E-state index contributed by atoms with van der Waals surface area (Å²) in [4.78, 5) is 45.5. The molecule has 2 aromatic carbocycles. The van der Waals surface area contributed by atoms with E-state index in [1.165, 1.54) is 31.2 Å². The fourth-order valence-electron chi connectivity index (χ4n) is 2.35. The number of nitrogens with zero attached hydrogens (tertiary/aromatic N) is 1. The summed E-state index contributed by atoms with van der Waals surface area (Å²) in [5.41, 5.74) is 5.27. The van der Waals surface area contributed by atoms with Gasteiger partial charge in [-0.2, -0.15) is 0 Å². The van der Waals surface area contributed by atoms with Gasteiger partial charge in [0.05, 0.1) is 17.4 Å². The van der Waals surface area contributed by atoms with E-state index in [9.17, 15) is 24.5 Å². The smallest absolute Gasteiger partial charge is 0.269 e. The van der Waals surface area contributed by atoms with Gasteiger partial charge in [-0.1, -0.05) is 30.3 Å². The molecule has 9 nitrogen and oxygen atoms in total. The fourth-order valence-corrected chi connectivity index (χ4v) is 2.35. The molecule has 2 aromatic rings. The molecule has 1 atom stereocenters. The number of hydrogen-bond donors (Lipinski definition) is 3. The maximum absolute atomic E-state index is 12.1. The Morgan fingerprint density at radius 2 is 1.63 bits per heavy atom. The van der Waals surface area contributed by atoms with Crippen molar-refractivity contribution >= 4 is 23.4 Å². The molecule has 0 aliphatic carbocycles. The van der Waals surface area contributed by atoms with Gasteiger partial charge in [0.25, 0.3) is 11.6 Å². The van der Waals surface area contributed by atoms with Crippen LogP contribution in [0.1, 0.15) is 35.3 Å². The zero-order chi connectivity index (χ0) is 19.8. The molecule has 0 aromatic heterocycles. The Kier molecular flexibility index (Phi) is 6.59. The van der Waals surface area contributed by atoms with Gasteiger partial charge >= 0.3 is 0 Å². The standard InChI is InChI=1S/C18H18N4O5/c1-12(23)19-16(13-5-3-2-4-6-13)11-17(24)20-21-18(25)14-7-9-15(10-8-14)22(26)27/h2-10,16H,11H2,1H3,(H,19,23)(H,20,24)(H,21,25)/t16-/m0/s1.